The summed E-state index contributed by atoms with van der Waals surface area (Å²) in [5, 5.41) is 5.76. The summed E-state index contributed by atoms with van der Waals surface area (Å²) >= 11 is 0. The molecule has 0 bridgehead atoms. The van der Waals surface area contributed by atoms with Crippen molar-refractivity contribution in [2.75, 3.05) is 23.0 Å². The van der Waals surface area contributed by atoms with Gasteiger partial charge in [0.05, 0.1) is 12.1 Å². The van der Waals surface area contributed by atoms with Crippen molar-refractivity contribution in [3.63, 3.8) is 0 Å². The zero-order valence-corrected chi connectivity index (χ0v) is 13.2. The molecule has 1 aromatic heterocycles. The number of carbonyl (C=O) groups is 1. The average Bonchev–Trinajstić information content (AvgIpc) is 2.90. The number of rotatable bonds is 6. The molecule has 1 atom stereocenters. The van der Waals surface area contributed by atoms with Crippen molar-refractivity contribution in [1.29, 1.82) is 0 Å². The number of anilines is 2. The summed E-state index contributed by atoms with van der Waals surface area (Å²) < 4.78 is 0. The predicted octanol–water partition coefficient (Wildman–Crippen LogP) is 2.46. The first-order valence-corrected chi connectivity index (χ1v) is 7.58. The van der Waals surface area contributed by atoms with E-state index in [1.165, 1.54) is 5.01 Å². The summed E-state index contributed by atoms with van der Waals surface area (Å²) in [4.78, 5) is 22.9. The molecule has 0 aromatic carbocycles. The van der Waals surface area contributed by atoms with Crippen LogP contribution in [0.5, 0.6) is 0 Å². The number of amides is 1. The minimum atomic E-state index is -0.0537. The van der Waals surface area contributed by atoms with Crippen LogP contribution >= 0.6 is 0 Å². The van der Waals surface area contributed by atoms with Crippen LogP contribution in [0.2, 0.25) is 0 Å². The predicted molar refractivity (Wildman–Crippen MR) is 84.6 cm³/mol. The summed E-state index contributed by atoms with van der Waals surface area (Å²) in [7, 11) is 0. The molecule has 1 aliphatic rings. The second-order valence-corrected chi connectivity index (χ2v) is 5.17. The van der Waals surface area contributed by atoms with Gasteiger partial charge in [-0.2, -0.15) is 15.1 Å². The Labute approximate surface area is 125 Å². The molecule has 1 aromatic rings. The van der Waals surface area contributed by atoms with Crippen LogP contribution in [-0.2, 0) is 4.79 Å². The van der Waals surface area contributed by atoms with Gasteiger partial charge in [-0.15, -0.1) is 0 Å². The number of aromatic nitrogens is 2. The second kappa shape index (κ2) is 6.65. The highest BCUT2D eigenvalue weighted by atomic mass is 16.2. The van der Waals surface area contributed by atoms with Crippen LogP contribution in [0, 0.1) is 5.92 Å². The van der Waals surface area contributed by atoms with Crippen molar-refractivity contribution in [1.82, 2.24) is 9.97 Å². The molecule has 2 rings (SSSR count). The van der Waals surface area contributed by atoms with Gasteiger partial charge in [-0.25, -0.2) is 4.98 Å². The fourth-order valence-electron chi connectivity index (χ4n) is 2.28. The minimum Gasteiger partial charge on any atom is -0.357 e. The van der Waals surface area contributed by atoms with Gasteiger partial charge in [-0.05, 0) is 32.3 Å². The monoisotopic (exact) mass is 289 g/mol. The fraction of sp³-hybridized carbons (Fsp3) is 0.600. The summed E-state index contributed by atoms with van der Waals surface area (Å²) in [6.45, 7) is 10.1. The molecule has 1 aliphatic heterocycles. The molecule has 6 nitrogen and oxygen atoms in total. The van der Waals surface area contributed by atoms with Crippen LogP contribution in [0.1, 0.15) is 40.5 Å². The summed E-state index contributed by atoms with van der Waals surface area (Å²) in [5.74, 6) is 1.44. The molecule has 21 heavy (non-hydrogen) atoms. The molecule has 1 unspecified atom stereocenters. The Hall–Kier alpha value is -1.98. The van der Waals surface area contributed by atoms with E-state index in [2.05, 4.69) is 47.7 Å². The van der Waals surface area contributed by atoms with Gasteiger partial charge in [0, 0.05) is 19.3 Å². The highest BCUT2D eigenvalue weighted by molar-refractivity contribution is 6.13. The molecule has 0 N–H and O–H groups in total. The zero-order valence-electron chi connectivity index (χ0n) is 13.2. The van der Waals surface area contributed by atoms with E-state index >= 15 is 0 Å². The molecular formula is C15H23N5O. The first-order valence-electron chi connectivity index (χ1n) is 7.58. The van der Waals surface area contributed by atoms with E-state index in [1.807, 2.05) is 6.07 Å². The van der Waals surface area contributed by atoms with Crippen molar-refractivity contribution >= 4 is 23.4 Å². The van der Waals surface area contributed by atoms with Gasteiger partial charge in [-0.1, -0.05) is 13.8 Å². The molecule has 0 saturated carbocycles. The van der Waals surface area contributed by atoms with Gasteiger partial charge >= 0.3 is 0 Å². The average molecular weight is 289 g/mol. The highest BCUT2D eigenvalue weighted by Gasteiger charge is 2.29. The van der Waals surface area contributed by atoms with E-state index < -0.39 is 0 Å². The van der Waals surface area contributed by atoms with Crippen molar-refractivity contribution in [2.24, 2.45) is 11.0 Å². The molecule has 0 radical (unpaired) electrons. The third kappa shape index (κ3) is 3.20. The summed E-state index contributed by atoms with van der Waals surface area (Å²) in [5.41, 5.74) is 0.916. The summed E-state index contributed by atoms with van der Waals surface area (Å²) in [6.07, 6.45) is 3.02. The number of hydrogen-bond acceptors (Lipinski definition) is 5. The summed E-state index contributed by atoms with van der Waals surface area (Å²) in [6, 6.07) is 1.86. The largest absolute Gasteiger partial charge is 0.357 e. The molecular weight excluding hydrogens is 266 g/mol. The SMILES string of the molecule is CCC(C)C1=NN(c2nccc(N(CC)CC)n2)C(=O)C1. The number of nitrogens with zero attached hydrogens (tertiary/aromatic N) is 5. The molecule has 6 heteroatoms. The quantitative estimate of drug-likeness (QED) is 0.807. The van der Waals surface area contributed by atoms with Gasteiger partial charge in [-0.3, -0.25) is 4.79 Å². The van der Waals surface area contributed by atoms with Crippen molar-refractivity contribution in [2.45, 2.75) is 40.5 Å². The zero-order chi connectivity index (χ0) is 15.4. The van der Waals surface area contributed by atoms with Gasteiger partial charge < -0.3 is 4.90 Å². The first kappa shape index (κ1) is 15.4. The lowest BCUT2D eigenvalue weighted by atomic mass is 10.0. The first-order chi connectivity index (χ1) is 10.1. The fourth-order valence-corrected chi connectivity index (χ4v) is 2.28. The Morgan fingerprint density at radius 2 is 2.05 bits per heavy atom. The van der Waals surface area contributed by atoms with Gasteiger partial charge in [0.15, 0.2) is 0 Å². The van der Waals surface area contributed by atoms with Crippen LogP contribution < -0.4 is 9.91 Å². The lowest BCUT2D eigenvalue weighted by Crippen LogP contribution is -2.26. The van der Waals surface area contributed by atoms with Crippen molar-refractivity contribution < 1.29 is 4.79 Å². The smallest absolute Gasteiger partial charge is 0.255 e. The maximum atomic E-state index is 12.1. The van der Waals surface area contributed by atoms with E-state index in [-0.39, 0.29) is 5.91 Å². The molecule has 0 aliphatic carbocycles. The number of carbonyl (C=O) groups excluding carboxylic acids is 1. The standard InChI is InChI=1S/C15H23N5O/c1-5-11(4)12-10-14(21)20(18-12)15-16-9-8-13(17-15)19(6-2)7-3/h8-9,11H,5-7,10H2,1-4H3. The van der Waals surface area contributed by atoms with E-state index in [9.17, 15) is 4.79 Å². The Morgan fingerprint density at radius 1 is 1.33 bits per heavy atom. The molecule has 1 amide bonds. The lowest BCUT2D eigenvalue weighted by Gasteiger charge is -2.20. The van der Waals surface area contributed by atoms with Crippen LogP contribution in [-0.4, -0.2) is 34.7 Å². The molecule has 114 valence electrons. The Kier molecular flexibility index (Phi) is 4.88. The van der Waals surface area contributed by atoms with Crippen molar-refractivity contribution in [3.05, 3.63) is 12.3 Å². The third-order valence-electron chi connectivity index (χ3n) is 3.88. The van der Waals surface area contributed by atoms with E-state index in [4.69, 9.17) is 0 Å². The van der Waals surface area contributed by atoms with Crippen molar-refractivity contribution in [3.8, 4) is 0 Å². The van der Waals surface area contributed by atoms with Gasteiger partial charge in [0.2, 0.25) is 0 Å². The Bertz CT molecular complexity index is 539. The number of hydrogen-bond donors (Lipinski definition) is 0. The molecule has 0 fully saturated rings. The van der Waals surface area contributed by atoms with Crippen LogP contribution in [0.3, 0.4) is 0 Å². The van der Waals surface area contributed by atoms with E-state index in [1.54, 1.807) is 6.20 Å². The van der Waals surface area contributed by atoms with Crippen LogP contribution in [0.15, 0.2) is 17.4 Å². The van der Waals surface area contributed by atoms with Crippen LogP contribution in [0.25, 0.3) is 0 Å². The van der Waals surface area contributed by atoms with Gasteiger partial charge in [0.1, 0.15) is 5.82 Å². The van der Waals surface area contributed by atoms with Gasteiger partial charge in [0.25, 0.3) is 11.9 Å². The third-order valence-corrected chi connectivity index (χ3v) is 3.88. The second-order valence-electron chi connectivity index (χ2n) is 5.17. The normalized spacial score (nSPS) is 16.1. The highest BCUT2D eigenvalue weighted by Crippen LogP contribution is 2.22. The van der Waals surface area contributed by atoms with Crippen LogP contribution in [0.4, 0.5) is 11.8 Å². The minimum absolute atomic E-state index is 0.0537. The maximum absolute atomic E-state index is 12.1. The lowest BCUT2D eigenvalue weighted by molar-refractivity contribution is -0.117. The number of hydrazone groups is 1. The Balaban J connectivity index is 2.28. The van der Waals surface area contributed by atoms with E-state index in [0.29, 0.717) is 18.3 Å². The van der Waals surface area contributed by atoms with E-state index in [0.717, 1.165) is 31.0 Å². The maximum Gasteiger partial charge on any atom is 0.255 e. The molecule has 0 saturated heterocycles. The molecule has 0 spiro atoms. The topological polar surface area (TPSA) is 61.7 Å². The molecule has 2 heterocycles. The Morgan fingerprint density at radius 3 is 2.67 bits per heavy atom.